The van der Waals surface area contributed by atoms with E-state index in [0.29, 0.717) is 15.2 Å². The number of methoxy groups -OCH3 is 1. The molecule has 200 valence electrons. The lowest BCUT2D eigenvalue weighted by Crippen LogP contribution is -2.49. The molecule has 0 radical (unpaired) electrons. The lowest BCUT2D eigenvalue weighted by molar-refractivity contribution is -0.141. The molecule has 0 unspecified atom stereocenters. The molecular weight excluding hydrogens is 669 g/mol. The van der Waals surface area contributed by atoms with Crippen LogP contribution >= 0.6 is 43.5 Å². The second-order valence-corrected chi connectivity index (χ2v) is 9.34. The van der Waals surface area contributed by atoms with Crippen molar-refractivity contribution in [3.63, 3.8) is 0 Å². The molecule has 2 heterocycles. The molecule has 0 spiro atoms. The van der Waals surface area contributed by atoms with E-state index in [-0.39, 0.29) is 31.6 Å². The van der Waals surface area contributed by atoms with E-state index < -0.39 is 41.4 Å². The zero-order chi connectivity index (χ0) is 28.4. The number of ether oxygens (including phenoxy) is 1. The Balaban J connectivity index is 2.07. The van der Waals surface area contributed by atoms with Crippen molar-refractivity contribution in [2.45, 2.75) is 13.1 Å². The molecule has 0 aliphatic heterocycles. The first-order chi connectivity index (χ1) is 17.7. The Hall–Kier alpha value is -3.50. The van der Waals surface area contributed by atoms with E-state index in [4.69, 9.17) is 11.6 Å². The van der Waals surface area contributed by atoms with Crippen molar-refractivity contribution in [2.75, 3.05) is 12.4 Å². The number of hydrogen-bond acceptors (Lipinski definition) is 7. The van der Waals surface area contributed by atoms with Gasteiger partial charge in [0, 0.05) is 28.1 Å². The standard InChI is InChI=1S/C21H14Br2ClF3N6O5/c1-9(34)32(20(37)38-2)31-18(35)11-6-10(22)7-12(23)16(11)29-19(36)14-8-15(21(25,26)27)30-33(14)17-13(24)4-3-5-28-17/h3-8H,1-2H3,(H,29,36)(H,31,35). The van der Waals surface area contributed by atoms with E-state index >= 15 is 0 Å². The van der Waals surface area contributed by atoms with Crippen molar-refractivity contribution in [2.24, 2.45) is 0 Å². The summed E-state index contributed by atoms with van der Waals surface area (Å²) in [5.41, 5.74) is -0.460. The van der Waals surface area contributed by atoms with Gasteiger partial charge in [0.2, 0.25) is 5.91 Å². The molecule has 0 fully saturated rings. The summed E-state index contributed by atoms with van der Waals surface area (Å²) in [4.78, 5) is 53.8. The Bertz CT molecular complexity index is 1450. The van der Waals surface area contributed by atoms with Crippen LogP contribution in [0.4, 0.5) is 23.7 Å². The van der Waals surface area contributed by atoms with Crippen molar-refractivity contribution in [3.8, 4) is 5.82 Å². The number of carbonyl (C=O) groups excluding carboxylic acids is 4. The summed E-state index contributed by atoms with van der Waals surface area (Å²) in [5, 5.41) is 6.00. The summed E-state index contributed by atoms with van der Waals surface area (Å²) >= 11 is 12.4. The van der Waals surface area contributed by atoms with Gasteiger partial charge in [-0.25, -0.2) is 14.5 Å². The zero-order valence-corrected chi connectivity index (χ0v) is 23.0. The van der Waals surface area contributed by atoms with Crippen LogP contribution in [0.5, 0.6) is 0 Å². The van der Waals surface area contributed by atoms with Crippen LogP contribution in [-0.4, -0.2) is 50.7 Å². The highest BCUT2D eigenvalue weighted by Crippen LogP contribution is 2.33. The number of amides is 4. The summed E-state index contributed by atoms with van der Waals surface area (Å²) in [6, 6.07) is 5.93. The molecule has 11 nitrogen and oxygen atoms in total. The lowest BCUT2D eigenvalue weighted by Gasteiger charge is -2.20. The summed E-state index contributed by atoms with van der Waals surface area (Å²) in [5.74, 6) is -3.30. The molecule has 4 amide bonds. The van der Waals surface area contributed by atoms with E-state index in [2.05, 4.69) is 52.0 Å². The number of rotatable bonds is 4. The topological polar surface area (TPSA) is 136 Å². The molecule has 17 heteroatoms. The third-order valence-electron chi connectivity index (χ3n) is 4.60. The first-order valence-corrected chi connectivity index (χ1v) is 12.0. The van der Waals surface area contributed by atoms with E-state index in [0.717, 1.165) is 14.0 Å². The molecule has 3 rings (SSSR count). The number of hydrazine groups is 1. The third-order valence-corrected chi connectivity index (χ3v) is 5.97. The maximum absolute atomic E-state index is 13.5. The van der Waals surface area contributed by atoms with Crippen molar-refractivity contribution in [1.29, 1.82) is 0 Å². The smallest absolute Gasteiger partial charge is 0.435 e. The van der Waals surface area contributed by atoms with Gasteiger partial charge in [-0.2, -0.15) is 23.3 Å². The molecule has 0 saturated heterocycles. The third kappa shape index (κ3) is 6.31. The summed E-state index contributed by atoms with van der Waals surface area (Å²) < 4.78 is 45.9. The fraction of sp³-hybridized carbons (Fsp3) is 0.143. The highest BCUT2D eigenvalue weighted by atomic mass is 79.9. The number of hydrogen-bond donors (Lipinski definition) is 2. The predicted molar refractivity (Wildman–Crippen MR) is 134 cm³/mol. The first kappa shape index (κ1) is 29.1. The lowest BCUT2D eigenvalue weighted by atomic mass is 10.1. The second-order valence-electron chi connectivity index (χ2n) is 7.16. The summed E-state index contributed by atoms with van der Waals surface area (Å²) in [6.07, 6.45) is -4.86. The van der Waals surface area contributed by atoms with Crippen LogP contribution in [0.3, 0.4) is 0 Å². The Morgan fingerprint density at radius 1 is 1.13 bits per heavy atom. The minimum atomic E-state index is -4.91. The quantitative estimate of drug-likeness (QED) is 0.371. The van der Waals surface area contributed by atoms with Gasteiger partial charge in [0.15, 0.2) is 11.5 Å². The Kier molecular flexibility index (Phi) is 8.79. The monoisotopic (exact) mass is 680 g/mol. The molecule has 2 aromatic heterocycles. The Labute approximate surface area is 233 Å². The number of benzene rings is 1. The summed E-state index contributed by atoms with van der Waals surface area (Å²) in [6.45, 7) is 0.985. The predicted octanol–water partition coefficient (Wildman–Crippen LogP) is 4.98. The van der Waals surface area contributed by atoms with Gasteiger partial charge in [-0.1, -0.05) is 27.5 Å². The summed E-state index contributed by atoms with van der Waals surface area (Å²) in [7, 11) is 0.984. The number of imide groups is 1. The zero-order valence-electron chi connectivity index (χ0n) is 19.1. The fourth-order valence-electron chi connectivity index (χ4n) is 2.94. The maximum Gasteiger partial charge on any atom is 0.435 e. The second kappa shape index (κ2) is 11.5. The number of alkyl halides is 3. The Morgan fingerprint density at radius 2 is 1.82 bits per heavy atom. The van der Waals surface area contributed by atoms with Crippen molar-refractivity contribution in [1.82, 2.24) is 25.2 Å². The average Bonchev–Trinajstić information content (AvgIpc) is 3.29. The highest BCUT2D eigenvalue weighted by Gasteiger charge is 2.37. The van der Waals surface area contributed by atoms with E-state index in [9.17, 15) is 32.3 Å². The van der Waals surface area contributed by atoms with Crippen LogP contribution < -0.4 is 10.7 Å². The number of nitrogens with one attached hydrogen (secondary N) is 2. The van der Waals surface area contributed by atoms with E-state index in [1.807, 2.05) is 5.43 Å². The van der Waals surface area contributed by atoms with Gasteiger partial charge < -0.3 is 10.1 Å². The molecule has 1 aromatic carbocycles. The molecule has 0 saturated carbocycles. The van der Waals surface area contributed by atoms with Gasteiger partial charge in [0.1, 0.15) is 5.69 Å². The van der Waals surface area contributed by atoms with E-state index in [1.165, 1.54) is 30.5 Å². The molecule has 2 N–H and O–H groups in total. The Morgan fingerprint density at radius 3 is 2.39 bits per heavy atom. The number of anilines is 1. The van der Waals surface area contributed by atoms with Gasteiger partial charge in [-0.15, -0.1) is 0 Å². The van der Waals surface area contributed by atoms with E-state index in [1.54, 1.807) is 0 Å². The van der Waals surface area contributed by atoms with Gasteiger partial charge in [0.25, 0.3) is 11.8 Å². The molecule has 0 aliphatic rings. The van der Waals surface area contributed by atoms with Crippen molar-refractivity contribution in [3.05, 3.63) is 67.4 Å². The molecule has 0 aliphatic carbocycles. The number of nitrogens with zero attached hydrogens (tertiary/aromatic N) is 4. The van der Waals surface area contributed by atoms with Crippen LogP contribution in [-0.2, 0) is 15.7 Å². The van der Waals surface area contributed by atoms with Crippen LogP contribution in [0.1, 0.15) is 33.5 Å². The minimum absolute atomic E-state index is 0.0876. The maximum atomic E-state index is 13.5. The molecule has 3 aromatic rings. The molecule has 0 atom stereocenters. The SMILES string of the molecule is COC(=O)N(NC(=O)c1cc(Br)cc(Br)c1NC(=O)c1cc(C(F)(F)F)nn1-c1ncccc1Cl)C(C)=O. The number of aromatic nitrogens is 3. The van der Waals surface area contributed by atoms with Crippen LogP contribution in [0.15, 0.2) is 45.5 Å². The molecular formula is C21H14Br2ClF3N6O5. The highest BCUT2D eigenvalue weighted by molar-refractivity contribution is 9.11. The number of pyridine rings is 1. The van der Waals surface area contributed by atoms with Crippen LogP contribution in [0.25, 0.3) is 5.82 Å². The van der Waals surface area contributed by atoms with Crippen molar-refractivity contribution >= 4 is 73.0 Å². The van der Waals surface area contributed by atoms with Crippen LogP contribution in [0, 0.1) is 0 Å². The number of halogens is 6. The largest absolute Gasteiger partial charge is 0.451 e. The van der Waals surface area contributed by atoms with Gasteiger partial charge in [0.05, 0.1) is 23.4 Å². The van der Waals surface area contributed by atoms with Crippen LogP contribution in [0.2, 0.25) is 5.02 Å². The molecule has 38 heavy (non-hydrogen) atoms. The minimum Gasteiger partial charge on any atom is -0.451 e. The fourth-order valence-corrected chi connectivity index (χ4v) is 4.47. The molecule has 0 bridgehead atoms. The number of carbonyl (C=O) groups is 4. The average molecular weight is 683 g/mol. The normalized spacial score (nSPS) is 11.1. The van der Waals surface area contributed by atoms with Gasteiger partial charge >= 0.3 is 12.3 Å². The van der Waals surface area contributed by atoms with Gasteiger partial charge in [-0.05, 0) is 40.2 Å². The van der Waals surface area contributed by atoms with Gasteiger partial charge in [-0.3, -0.25) is 19.8 Å². The first-order valence-electron chi connectivity index (χ1n) is 10.0. The van der Waals surface area contributed by atoms with Crippen molar-refractivity contribution < 1.29 is 37.1 Å².